The number of H-pyrrole nitrogens is 1. The number of fused-ring (bicyclic) bond motifs is 1. The minimum atomic E-state index is -4.34. The summed E-state index contributed by atoms with van der Waals surface area (Å²) in [5, 5.41) is 16.4. The predicted molar refractivity (Wildman–Crippen MR) is 96.1 cm³/mol. The Hall–Kier alpha value is -2.58. The fraction of sp³-hybridized carbons (Fsp3) is 0.316. The molecule has 1 aromatic carbocycles. The SMILES string of the molecule is O[C@@H](C[NH2+]CCNc1ccc(C(F)(F)F)c[nH+]1)Cn1ccc2ccccc21. The maximum Gasteiger partial charge on any atom is 0.419 e. The van der Waals surface area contributed by atoms with E-state index < -0.39 is 17.8 Å². The van der Waals surface area contributed by atoms with Crippen LogP contribution < -0.4 is 15.6 Å². The number of para-hydroxylation sites is 1. The zero-order valence-electron chi connectivity index (χ0n) is 14.7. The number of aromatic nitrogens is 2. The minimum Gasteiger partial charge on any atom is -0.385 e. The average Bonchev–Trinajstić information content (AvgIpc) is 3.04. The van der Waals surface area contributed by atoms with Crippen LogP contribution in [0.15, 0.2) is 54.9 Å². The van der Waals surface area contributed by atoms with Gasteiger partial charge in [-0.3, -0.25) is 5.32 Å². The molecule has 0 bridgehead atoms. The molecule has 2 heterocycles. The van der Waals surface area contributed by atoms with Crippen molar-refractivity contribution in [3.05, 3.63) is 60.4 Å². The van der Waals surface area contributed by atoms with Crippen LogP contribution in [0.1, 0.15) is 5.56 Å². The molecule has 8 heteroatoms. The Balaban J connectivity index is 1.37. The van der Waals surface area contributed by atoms with Gasteiger partial charge in [-0.2, -0.15) is 13.2 Å². The summed E-state index contributed by atoms with van der Waals surface area (Å²) >= 11 is 0. The van der Waals surface area contributed by atoms with Crippen molar-refractivity contribution in [1.29, 1.82) is 0 Å². The number of quaternary nitrogens is 1. The number of hydrogen-bond donors (Lipinski definition) is 3. The van der Waals surface area contributed by atoms with Gasteiger partial charge in [-0.25, -0.2) is 4.98 Å². The van der Waals surface area contributed by atoms with Crippen LogP contribution in [-0.2, 0) is 12.7 Å². The summed E-state index contributed by atoms with van der Waals surface area (Å²) in [5.41, 5.74) is 0.385. The first-order valence-electron chi connectivity index (χ1n) is 8.80. The van der Waals surface area contributed by atoms with Gasteiger partial charge in [0.05, 0.1) is 12.1 Å². The van der Waals surface area contributed by atoms with Crippen LogP contribution in [0, 0.1) is 0 Å². The molecule has 5 nitrogen and oxygen atoms in total. The van der Waals surface area contributed by atoms with E-state index in [1.807, 2.05) is 46.4 Å². The Kier molecular flexibility index (Phi) is 5.98. The van der Waals surface area contributed by atoms with Gasteiger partial charge in [0, 0.05) is 17.8 Å². The average molecular weight is 380 g/mol. The summed E-state index contributed by atoms with van der Waals surface area (Å²) in [4.78, 5) is 2.59. The monoisotopic (exact) mass is 380 g/mol. The first kappa shape index (κ1) is 19.2. The van der Waals surface area contributed by atoms with Gasteiger partial charge < -0.3 is 15.0 Å². The maximum absolute atomic E-state index is 12.5. The Morgan fingerprint density at radius 3 is 2.70 bits per heavy atom. The van der Waals surface area contributed by atoms with E-state index in [1.54, 1.807) is 0 Å². The van der Waals surface area contributed by atoms with Crippen molar-refractivity contribution in [1.82, 2.24) is 4.57 Å². The Morgan fingerprint density at radius 1 is 1.15 bits per heavy atom. The molecule has 0 aliphatic carbocycles. The minimum absolute atomic E-state index is 0.488. The fourth-order valence-electron chi connectivity index (χ4n) is 2.93. The molecule has 144 valence electrons. The molecular formula is C19H23F3N4O+2. The largest absolute Gasteiger partial charge is 0.419 e. The third-order valence-electron chi connectivity index (χ3n) is 4.33. The second-order valence-corrected chi connectivity index (χ2v) is 6.41. The molecule has 0 amide bonds. The number of nitrogens with one attached hydrogen (secondary N) is 2. The number of nitrogens with two attached hydrogens (primary N) is 1. The standard InChI is InChI=1S/C19H21F3N4O/c20-19(21,22)15-5-6-18(25-11-15)24-9-8-23-12-16(27)13-26-10-7-14-3-1-2-4-17(14)26/h1-7,10-11,16,23,27H,8-9,12-13H2,(H,24,25)/p+2/t16-/m0/s1. The van der Waals surface area contributed by atoms with Crippen LogP contribution in [0.25, 0.3) is 10.9 Å². The number of nitrogens with zero attached hydrogens (tertiary/aromatic N) is 1. The molecule has 0 aliphatic rings. The predicted octanol–water partition coefficient (Wildman–Crippen LogP) is 1.51. The molecule has 2 aromatic heterocycles. The van der Waals surface area contributed by atoms with Crippen LogP contribution >= 0.6 is 0 Å². The molecule has 0 saturated carbocycles. The Labute approximate surface area is 154 Å². The van der Waals surface area contributed by atoms with Crippen molar-refractivity contribution in [2.45, 2.75) is 18.8 Å². The number of pyridine rings is 1. The molecule has 1 atom stereocenters. The van der Waals surface area contributed by atoms with E-state index in [2.05, 4.69) is 10.3 Å². The van der Waals surface area contributed by atoms with E-state index in [0.29, 0.717) is 32.0 Å². The number of alkyl halides is 3. The van der Waals surface area contributed by atoms with Crippen molar-refractivity contribution >= 4 is 16.7 Å². The van der Waals surface area contributed by atoms with Gasteiger partial charge in [0.1, 0.15) is 31.9 Å². The summed E-state index contributed by atoms with van der Waals surface area (Å²) in [6.45, 7) is 2.33. The van der Waals surface area contributed by atoms with E-state index in [9.17, 15) is 18.3 Å². The van der Waals surface area contributed by atoms with Gasteiger partial charge in [-0.05, 0) is 23.6 Å². The number of rotatable bonds is 8. The molecule has 0 fully saturated rings. The molecule has 0 unspecified atom stereocenters. The normalized spacial score (nSPS) is 13.0. The lowest BCUT2D eigenvalue weighted by molar-refractivity contribution is -0.658. The van der Waals surface area contributed by atoms with Gasteiger partial charge in [-0.15, -0.1) is 0 Å². The molecule has 27 heavy (non-hydrogen) atoms. The molecule has 3 aromatic rings. The third-order valence-corrected chi connectivity index (χ3v) is 4.33. The first-order chi connectivity index (χ1) is 12.9. The molecule has 5 N–H and O–H groups in total. The van der Waals surface area contributed by atoms with Crippen LogP contribution in [0.2, 0.25) is 0 Å². The van der Waals surface area contributed by atoms with Gasteiger partial charge in [-0.1, -0.05) is 18.2 Å². The van der Waals surface area contributed by atoms with E-state index >= 15 is 0 Å². The van der Waals surface area contributed by atoms with E-state index in [1.165, 1.54) is 6.07 Å². The zero-order chi connectivity index (χ0) is 19.3. The number of benzene rings is 1. The van der Waals surface area contributed by atoms with Crippen molar-refractivity contribution < 1.29 is 28.6 Å². The van der Waals surface area contributed by atoms with Gasteiger partial charge in [0.25, 0.3) is 5.82 Å². The van der Waals surface area contributed by atoms with Crippen molar-refractivity contribution in [2.24, 2.45) is 0 Å². The Bertz CT molecular complexity index is 861. The van der Waals surface area contributed by atoms with Gasteiger partial charge in [0.2, 0.25) is 0 Å². The molecular weight excluding hydrogens is 357 g/mol. The summed E-state index contributed by atoms with van der Waals surface area (Å²) in [7, 11) is 0. The van der Waals surface area contributed by atoms with E-state index in [-0.39, 0.29) is 0 Å². The number of halogens is 3. The second kappa shape index (κ2) is 8.41. The lowest BCUT2D eigenvalue weighted by atomic mass is 10.2. The lowest BCUT2D eigenvalue weighted by Gasteiger charge is -2.11. The zero-order valence-corrected chi connectivity index (χ0v) is 14.7. The van der Waals surface area contributed by atoms with E-state index in [4.69, 9.17) is 0 Å². The maximum atomic E-state index is 12.5. The van der Waals surface area contributed by atoms with Gasteiger partial charge >= 0.3 is 6.18 Å². The molecule has 0 radical (unpaired) electrons. The van der Waals surface area contributed by atoms with Crippen LogP contribution in [0.3, 0.4) is 0 Å². The smallest absolute Gasteiger partial charge is 0.385 e. The van der Waals surface area contributed by atoms with Crippen LogP contribution in [0.4, 0.5) is 19.0 Å². The number of aliphatic hydroxyl groups excluding tert-OH is 1. The highest BCUT2D eigenvalue weighted by atomic mass is 19.4. The summed E-state index contributed by atoms with van der Waals surface area (Å²) < 4.78 is 39.5. The first-order valence-corrected chi connectivity index (χ1v) is 8.80. The molecule has 0 aliphatic heterocycles. The van der Waals surface area contributed by atoms with Crippen molar-refractivity contribution in [3.8, 4) is 0 Å². The molecule has 3 rings (SSSR count). The summed E-state index contributed by atoms with van der Waals surface area (Å²) in [6.07, 6.45) is -1.92. The van der Waals surface area contributed by atoms with E-state index in [0.717, 1.165) is 23.2 Å². The molecule has 0 spiro atoms. The van der Waals surface area contributed by atoms with Crippen LogP contribution in [0.5, 0.6) is 0 Å². The van der Waals surface area contributed by atoms with Crippen LogP contribution in [-0.4, -0.2) is 35.4 Å². The fourth-order valence-corrected chi connectivity index (χ4v) is 2.93. The quantitative estimate of drug-likeness (QED) is 0.519. The number of aromatic amines is 1. The highest BCUT2D eigenvalue weighted by Crippen LogP contribution is 2.27. The molecule has 0 saturated heterocycles. The number of hydrogen-bond acceptors (Lipinski definition) is 2. The van der Waals surface area contributed by atoms with Crippen molar-refractivity contribution in [3.63, 3.8) is 0 Å². The topological polar surface area (TPSA) is 67.9 Å². The summed E-state index contributed by atoms with van der Waals surface area (Å²) in [5.74, 6) is 0.524. The highest BCUT2D eigenvalue weighted by Gasteiger charge is 2.31. The highest BCUT2D eigenvalue weighted by molar-refractivity contribution is 5.79. The third kappa shape index (κ3) is 5.21. The summed E-state index contributed by atoms with van der Waals surface area (Å²) in [6, 6.07) is 12.4. The lowest BCUT2D eigenvalue weighted by Crippen LogP contribution is -2.87. The second-order valence-electron chi connectivity index (χ2n) is 6.41. The number of anilines is 1. The van der Waals surface area contributed by atoms with Crippen molar-refractivity contribution in [2.75, 3.05) is 25.0 Å². The van der Waals surface area contributed by atoms with Gasteiger partial charge in [0.15, 0.2) is 0 Å². The number of aliphatic hydroxyl groups is 1. The Morgan fingerprint density at radius 2 is 1.96 bits per heavy atom.